The maximum Gasteiger partial charge on any atom is 0.149 e. The molecule has 5 heteroatoms. The van der Waals surface area contributed by atoms with Crippen molar-refractivity contribution >= 4 is 5.69 Å². The van der Waals surface area contributed by atoms with Crippen molar-refractivity contribution in [2.75, 3.05) is 25.1 Å². The quantitative estimate of drug-likeness (QED) is 0.859. The van der Waals surface area contributed by atoms with Crippen LogP contribution in [0.5, 0.6) is 0 Å². The van der Waals surface area contributed by atoms with Crippen LogP contribution < -0.4 is 10.2 Å². The summed E-state index contributed by atoms with van der Waals surface area (Å²) in [6, 6.07) is 2.52. The highest BCUT2D eigenvalue weighted by Gasteiger charge is 2.28. The smallest absolute Gasteiger partial charge is 0.149 e. The standard InChI is InChI=1S/C13H18F2N2O/c1-16-7-9-5-11(14)13(12(15)6-9)17-4-2-3-10(17)8-18/h5-6,10,16,18H,2-4,7-8H2,1H3. The number of nitrogens with zero attached hydrogens (tertiary/aromatic N) is 1. The summed E-state index contributed by atoms with van der Waals surface area (Å²) in [5, 5.41) is 12.1. The second-order valence-corrected chi connectivity index (χ2v) is 4.61. The summed E-state index contributed by atoms with van der Waals surface area (Å²) in [4.78, 5) is 1.63. The number of halogens is 2. The Kier molecular flexibility index (Phi) is 4.14. The van der Waals surface area contributed by atoms with E-state index >= 15 is 0 Å². The van der Waals surface area contributed by atoms with Crippen LogP contribution in [-0.2, 0) is 6.54 Å². The van der Waals surface area contributed by atoms with E-state index in [1.165, 1.54) is 12.1 Å². The number of benzene rings is 1. The van der Waals surface area contributed by atoms with E-state index in [0.29, 0.717) is 18.7 Å². The molecule has 1 aliphatic heterocycles. The lowest BCUT2D eigenvalue weighted by Gasteiger charge is -2.26. The van der Waals surface area contributed by atoms with Gasteiger partial charge in [0.25, 0.3) is 0 Å². The minimum atomic E-state index is -0.555. The summed E-state index contributed by atoms with van der Waals surface area (Å²) in [7, 11) is 1.73. The van der Waals surface area contributed by atoms with E-state index in [2.05, 4.69) is 5.32 Å². The van der Waals surface area contributed by atoms with Crippen molar-refractivity contribution < 1.29 is 13.9 Å². The molecule has 1 saturated heterocycles. The number of aliphatic hydroxyl groups excluding tert-OH is 1. The van der Waals surface area contributed by atoms with Gasteiger partial charge >= 0.3 is 0 Å². The fourth-order valence-corrected chi connectivity index (χ4v) is 2.52. The molecule has 1 unspecified atom stereocenters. The summed E-state index contributed by atoms with van der Waals surface area (Å²) in [6.07, 6.45) is 1.62. The van der Waals surface area contributed by atoms with Crippen molar-refractivity contribution in [2.24, 2.45) is 0 Å². The Morgan fingerprint density at radius 3 is 2.61 bits per heavy atom. The zero-order valence-corrected chi connectivity index (χ0v) is 10.4. The number of rotatable bonds is 4. The number of hydrogen-bond acceptors (Lipinski definition) is 3. The van der Waals surface area contributed by atoms with Crippen LogP contribution in [0.2, 0.25) is 0 Å². The Labute approximate surface area is 105 Å². The van der Waals surface area contributed by atoms with Crippen LogP contribution in [0.4, 0.5) is 14.5 Å². The van der Waals surface area contributed by atoms with E-state index < -0.39 is 11.6 Å². The molecule has 100 valence electrons. The Bertz CT molecular complexity index is 402. The summed E-state index contributed by atoms with van der Waals surface area (Å²) in [5.41, 5.74) is 0.572. The predicted molar refractivity (Wildman–Crippen MR) is 66.6 cm³/mol. The zero-order chi connectivity index (χ0) is 13.1. The molecule has 0 spiro atoms. The van der Waals surface area contributed by atoms with Crippen molar-refractivity contribution in [3.05, 3.63) is 29.3 Å². The van der Waals surface area contributed by atoms with Gasteiger partial charge in [0.05, 0.1) is 12.6 Å². The lowest BCUT2D eigenvalue weighted by molar-refractivity contribution is 0.265. The van der Waals surface area contributed by atoms with Gasteiger partial charge in [-0.25, -0.2) is 8.78 Å². The van der Waals surface area contributed by atoms with Crippen LogP contribution in [0.15, 0.2) is 12.1 Å². The van der Waals surface area contributed by atoms with Gasteiger partial charge in [0.2, 0.25) is 0 Å². The number of aliphatic hydroxyl groups is 1. The van der Waals surface area contributed by atoms with Gasteiger partial charge < -0.3 is 15.3 Å². The van der Waals surface area contributed by atoms with Gasteiger partial charge in [0, 0.05) is 13.1 Å². The van der Waals surface area contributed by atoms with Crippen molar-refractivity contribution in [1.82, 2.24) is 5.32 Å². The number of nitrogens with one attached hydrogen (secondary N) is 1. The Morgan fingerprint density at radius 2 is 2.06 bits per heavy atom. The van der Waals surface area contributed by atoms with E-state index in [9.17, 15) is 13.9 Å². The van der Waals surface area contributed by atoms with Crippen molar-refractivity contribution in [2.45, 2.75) is 25.4 Å². The van der Waals surface area contributed by atoms with Crippen LogP contribution in [0, 0.1) is 11.6 Å². The van der Waals surface area contributed by atoms with Gasteiger partial charge in [0.15, 0.2) is 0 Å². The maximum absolute atomic E-state index is 14.0. The van der Waals surface area contributed by atoms with Crippen LogP contribution in [0.1, 0.15) is 18.4 Å². The molecular weight excluding hydrogens is 238 g/mol. The first-order chi connectivity index (χ1) is 8.67. The molecule has 2 N–H and O–H groups in total. The zero-order valence-electron chi connectivity index (χ0n) is 10.4. The molecule has 0 bridgehead atoms. The first-order valence-corrected chi connectivity index (χ1v) is 6.17. The topological polar surface area (TPSA) is 35.5 Å². The first-order valence-electron chi connectivity index (χ1n) is 6.17. The van der Waals surface area contributed by atoms with E-state index in [1.54, 1.807) is 11.9 Å². The van der Waals surface area contributed by atoms with Gasteiger partial charge in [-0.3, -0.25) is 0 Å². The second-order valence-electron chi connectivity index (χ2n) is 4.61. The summed E-state index contributed by atoms with van der Waals surface area (Å²) < 4.78 is 28.0. The third-order valence-corrected chi connectivity index (χ3v) is 3.33. The number of anilines is 1. The van der Waals surface area contributed by atoms with Gasteiger partial charge in [-0.2, -0.15) is 0 Å². The van der Waals surface area contributed by atoms with Gasteiger partial charge in [-0.05, 0) is 37.6 Å². The minimum absolute atomic E-state index is 0.00796. The molecule has 2 rings (SSSR count). The monoisotopic (exact) mass is 256 g/mol. The van der Waals surface area contributed by atoms with Crippen LogP contribution in [0.3, 0.4) is 0 Å². The summed E-state index contributed by atoms with van der Waals surface area (Å²) in [5.74, 6) is -1.11. The molecule has 0 aliphatic carbocycles. The summed E-state index contributed by atoms with van der Waals surface area (Å²) in [6.45, 7) is 0.944. The molecule has 1 aromatic rings. The second kappa shape index (κ2) is 5.63. The minimum Gasteiger partial charge on any atom is -0.394 e. The molecule has 0 aromatic heterocycles. The molecular formula is C13H18F2N2O. The lowest BCUT2D eigenvalue weighted by Crippen LogP contribution is -2.33. The highest BCUT2D eigenvalue weighted by molar-refractivity contribution is 5.52. The molecule has 1 aliphatic rings. The van der Waals surface area contributed by atoms with Gasteiger partial charge in [0.1, 0.15) is 17.3 Å². The fourth-order valence-electron chi connectivity index (χ4n) is 2.52. The normalized spacial score (nSPS) is 19.6. The van der Waals surface area contributed by atoms with E-state index in [0.717, 1.165) is 12.8 Å². The molecule has 18 heavy (non-hydrogen) atoms. The molecule has 1 aromatic carbocycles. The predicted octanol–water partition coefficient (Wildman–Crippen LogP) is 1.65. The molecule has 3 nitrogen and oxygen atoms in total. The molecule has 0 amide bonds. The van der Waals surface area contributed by atoms with E-state index in [4.69, 9.17) is 0 Å². The highest BCUT2D eigenvalue weighted by atomic mass is 19.1. The van der Waals surface area contributed by atoms with Gasteiger partial charge in [-0.15, -0.1) is 0 Å². The first kappa shape index (κ1) is 13.2. The SMILES string of the molecule is CNCc1cc(F)c(N2CCCC2CO)c(F)c1. The molecule has 1 fully saturated rings. The Hall–Kier alpha value is -1.20. The van der Waals surface area contributed by atoms with E-state index in [-0.39, 0.29) is 18.3 Å². The molecule has 0 radical (unpaired) electrons. The van der Waals surface area contributed by atoms with Crippen molar-refractivity contribution in [3.63, 3.8) is 0 Å². The van der Waals surface area contributed by atoms with E-state index in [1.807, 2.05) is 0 Å². The van der Waals surface area contributed by atoms with Crippen LogP contribution in [0.25, 0.3) is 0 Å². The molecule has 1 heterocycles. The Balaban J connectivity index is 2.33. The van der Waals surface area contributed by atoms with Crippen molar-refractivity contribution in [1.29, 1.82) is 0 Å². The fraction of sp³-hybridized carbons (Fsp3) is 0.538. The number of hydrogen-bond donors (Lipinski definition) is 2. The third-order valence-electron chi connectivity index (χ3n) is 3.33. The third kappa shape index (κ3) is 2.47. The largest absolute Gasteiger partial charge is 0.394 e. The highest BCUT2D eigenvalue weighted by Crippen LogP contribution is 2.31. The maximum atomic E-state index is 14.0. The Morgan fingerprint density at radius 1 is 1.39 bits per heavy atom. The molecule has 1 atom stereocenters. The average Bonchev–Trinajstić information content (AvgIpc) is 2.76. The lowest BCUT2D eigenvalue weighted by atomic mass is 10.1. The summed E-state index contributed by atoms with van der Waals surface area (Å²) >= 11 is 0. The van der Waals surface area contributed by atoms with Crippen molar-refractivity contribution in [3.8, 4) is 0 Å². The van der Waals surface area contributed by atoms with Crippen LogP contribution >= 0.6 is 0 Å². The van der Waals surface area contributed by atoms with Gasteiger partial charge in [-0.1, -0.05) is 0 Å². The molecule has 0 saturated carbocycles. The van der Waals surface area contributed by atoms with Crippen LogP contribution in [-0.4, -0.2) is 31.3 Å². The average molecular weight is 256 g/mol.